The normalized spacial score (nSPS) is 14.2. The van der Waals surface area contributed by atoms with Crippen molar-refractivity contribution in [2.75, 3.05) is 5.32 Å². The predicted octanol–water partition coefficient (Wildman–Crippen LogP) is 2.80. The van der Waals surface area contributed by atoms with Crippen LogP contribution in [0.25, 0.3) is 0 Å². The van der Waals surface area contributed by atoms with Gasteiger partial charge in [-0.15, -0.1) is 0 Å². The van der Waals surface area contributed by atoms with Crippen LogP contribution in [0.2, 0.25) is 0 Å². The minimum Gasteiger partial charge on any atom is -0.327 e. The molecule has 1 aromatic heterocycles. The lowest BCUT2D eigenvalue weighted by molar-refractivity contribution is -0.116. The van der Waals surface area contributed by atoms with Gasteiger partial charge in [0.25, 0.3) is 0 Å². The topological polar surface area (TPSA) is 83.8 Å². The number of carbonyl (C=O) groups excluding carboxylic acids is 1. The number of nitrogens with one attached hydrogen (secondary N) is 2. The highest BCUT2D eigenvalue weighted by Crippen LogP contribution is 2.23. The van der Waals surface area contributed by atoms with E-state index in [2.05, 4.69) is 57.1 Å². The Morgan fingerprint density at radius 1 is 1.35 bits per heavy atom. The number of nitrogens with two attached hydrogens (primary N) is 1. The third-order valence-electron chi connectivity index (χ3n) is 2.98. The number of hydrogen-bond donors (Lipinski definition) is 3. The number of aromatic nitrogens is 2. The van der Waals surface area contributed by atoms with Crippen LogP contribution in [0.5, 0.6) is 0 Å². The zero-order valence-electron chi connectivity index (χ0n) is 13.5. The number of nitrogens with zero attached hydrogens (tertiary/aromatic N) is 1. The second-order valence-electron chi connectivity index (χ2n) is 7.69. The third kappa shape index (κ3) is 5.74. The molecule has 0 aliphatic carbocycles. The summed E-state index contributed by atoms with van der Waals surface area (Å²) in [5.74, 6) is 0.469. The van der Waals surface area contributed by atoms with Gasteiger partial charge in [0.1, 0.15) is 0 Å². The van der Waals surface area contributed by atoms with Gasteiger partial charge in [-0.3, -0.25) is 9.89 Å². The standard InChI is InChI=1S/C15H28N4O/c1-14(2,3)9-10(16)7-13(20)17-12-8-11(18-19-12)15(4,5)6/h8,10H,7,9,16H2,1-6H3,(H2,17,18,19,20). The summed E-state index contributed by atoms with van der Waals surface area (Å²) in [6, 6.07) is 1.74. The largest absolute Gasteiger partial charge is 0.327 e. The fraction of sp³-hybridized carbons (Fsp3) is 0.733. The number of hydrogen-bond acceptors (Lipinski definition) is 3. The van der Waals surface area contributed by atoms with Crippen LogP contribution in [0.4, 0.5) is 5.82 Å². The molecule has 0 fully saturated rings. The van der Waals surface area contributed by atoms with Gasteiger partial charge in [-0.05, 0) is 11.8 Å². The van der Waals surface area contributed by atoms with Crippen LogP contribution in [0.15, 0.2) is 6.07 Å². The van der Waals surface area contributed by atoms with Crippen molar-refractivity contribution < 1.29 is 4.79 Å². The van der Waals surface area contributed by atoms with Gasteiger partial charge >= 0.3 is 0 Å². The van der Waals surface area contributed by atoms with Gasteiger partial charge in [-0.1, -0.05) is 41.5 Å². The van der Waals surface area contributed by atoms with E-state index in [1.54, 1.807) is 0 Å². The molecule has 0 saturated heterocycles. The van der Waals surface area contributed by atoms with Gasteiger partial charge in [-0.2, -0.15) is 5.10 Å². The second kappa shape index (κ2) is 5.95. The van der Waals surface area contributed by atoms with Crippen LogP contribution in [0.1, 0.15) is 60.1 Å². The first-order chi connectivity index (χ1) is 8.97. The van der Waals surface area contributed by atoms with Crippen LogP contribution < -0.4 is 11.1 Å². The van der Waals surface area contributed by atoms with E-state index in [9.17, 15) is 4.79 Å². The Hall–Kier alpha value is -1.36. The molecule has 20 heavy (non-hydrogen) atoms. The molecule has 0 aromatic carbocycles. The molecule has 1 heterocycles. The Labute approximate surface area is 121 Å². The van der Waals surface area contributed by atoms with Crippen molar-refractivity contribution in [2.24, 2.45) is 11.1 Å². The van der Waals surface area contributed by atoms with Crippen LogP contribution in [0.3, 0.4) is 0 Å². The van der Waals surface area contributed by atoms with Crippen LogP contribution in [0, 0.1) is 5.41 Å². The summed E-state index contributed by atoms with van der Waals surface area (Å²) in [4.78, 5) is 11.9. The van der Waals surface area contributed by atoms with E-state index in [1.165, 1.54) is 0 Å². The van der Waals surface area contributed by atoms with Crippen LogP contribution in [-0.4, -0.2) is 22.1 Å². The average molecular weight is 280 g/mol. The first kappa shape index (κ1) is 16.7. The molecule has 0 aliphatic heterocycles. The highest BCUT2D eigenvalue weighted by atomic mass is 16.1. The van der Waals surface area contributed by atoms with Gasteiger partial charge in [0.05, 0.1) is 0 Å². The lowest BCUT2D eigenvalue weighted by Gasteiger charge is -2.22. The Bertz CT molecular complexity index is 451. The molecule has 0 radical (unpaired) electrons. The highest BCUT2D eigenvalue weighted by Gasteiger charge is 2.20. The fourth-order valence-electron chi connectivity index (χ4n) is 2.06. The van der Waals surface area contributed by atoms with Crippen LogP contribution >= 0.6 is 0 Å². The molecule has 5 nitrogen and oxygen atoms in total. The average Bonchev–Trinajstić information content (AvgIpc) is 2.61. The Balaban J connectivity index is 2.53. The molecule has 0 spiro atoms. The lowest BCUT2D eigenvalue weighted by atomic mass is 9.87. The molecule has 0 bridgehead atoms. The molecule has 5 heteroatoms. The van der Waals surface area contributed by atoms with Crippen LogP contribution in [-0.2, 0) is 10.2 Å². The summed E-state index contributed by atoms with van der Waals surface area (Å²) in [5.41, 5.74) is 7.11. The molecule has 1 rings (SSSR count). The van der Waals surface area contributed by atoms with Gasteiger partial charge < -0.3 is 11.1 Å². The molecule has 1 atom stereocenters. The van der Waals surface area contributed by atoms with E-state index in [-0.39, 0.29) is 22.8 Å². The highest BCUT2D eigenvalue weighted by molar-refractivity contribution is 5.90. The van der Waals surface area contributed by atoms with E-state index < -0.39 is 0 Å². The minimum atomic E-state index is -0.129. The minimum absolute atomic E-state index is 0.0153. The van der Waals surface area contributed by atoms with E-state index in [0.29, 0.717) is 12.2 Å². The molecule has 114 valence electrons. The summed E-state index contributed by atoms with van der Waals surface area (Å²) in [6.45, 7) is 12.6. The van der Waals surface area contributed by atoms with E-state index in [1.807, 2.05) is 6.07 Å². The maximum atomic E-state index is 11.9. The SMILES string of the molecule is CC(C)(C)CC(N)CC(=O)Nc1cc(C(C)(C)C)[nH]n1. The number of anilines is 1. The summed E-state index contributed by atoms with van der Waals surface area (Å²) < 4.78 is 0. The molecule has 4 N–H and O–H groups in total. The molecule has 0 aliphatic rings. The van der Waals surface area contributed by atoms with E-state index in [4.69, 9.17) is 5.73 Å². The van der Waals surface area contributed by atoms with Crippen molar-refractivity contribution in [3.05, 3.63) is 11.8 Å². The third-order valence-corrected chi connectivity index (χ3v) is 2.98. The summed E-state index contributed by atoms with van der Waals surface area (Å²) in [5, 5.41) is 9.84. The van der Waals surface area contributed by atoms with E-state index >= 15 is 0 Å². The number of rotatable bonds is 4. The Morgan fingerprint density at radius 2 is 1.95 bits per heavy atom. The maximum Gasteiger partial charge on any atom is 0.227 e. The molecular formula is C15H28N4O. The molecule has 1 amide bonds. The summed E-state index contributed by atoms with van der Waals surface area (Å²) in [6.07, 6.45) is 1.13. The van der Waals surface area contributed by atoms with Crippen molar-refractivity contribution in [1.82, 2.24) is 10.2 Å². The van der Waals surface area contributed by atoms with Gasteiger partial charge in [-0.25, -0.2) is 0 Å². The van der Waals surface area contributed by atoms with Crippen molar-refractivity contribution in [3.63, 3.8) is 0 Å². The first-order valence-corrected chi connectivity index (χ1v) is 7.09. The second-order valence-corrected chi connectivity index (χ2v) is 7.69. The molecular weight excluding hydrogens is 252 g/mol. The zero-order chi connectivity index (χ0) is 15.6. The van der Waals surface area contributed by atoms with Gasteiger partial charge in [0.15, 0.2) is 5.82 Å². The van der Waals surface area contributed by atoms with E-state index in [0.717, 1.165) is 12.1 Å². The predicted molar refractivity (Wildman–Crippen MR) is 82.6 cm³/mol. The van der Waals surface area contributed by atoms with Crippen molar-refractivity contribution in [2.45, 2.75) is 65.8 Å². The van der Waals surface area contributed by atoms with Crippen molar-refractivity contribution in [3.8, 4) is 0 Å². The number of aromatic amines is 1. The molecule has 1 aromatic rings. The monoisotopic (exact) mass is 280 g/mol. The molecule has 1 unspecified atom stereocenters. The van der Waals surface area contributed by atoms with Gasteiger partial charge in [0.2, 0.25) is 5.91 Å². The van der Waals surface area contributed by atoms with Crippen molar-refractivity contribution >= 4 is 11.7 Å². The number of H-pyrrole nitrogens is 1. The number of amides is 1. The summed E-state index contributed by atoms with van der Waals surface area (Å²) >= 11 is 0. The maximum absolute atomic E-state index is 11.9. The number of carbonyl (C=O) groups is 1. The quantitative estimate of drug-likeness (QED) is 0.793. The first-order valence-electron chi connectivity index (χ1n) is 7.09. The smallest absolute Gasteiger partial charge is 0.227 e. The lowest BCUT2D eigenvalue weighted by Crippen LogP contribution is -2.31. The fourth-order valence-corrected chi connectivity index (χ4v) is 2.06. The Morgan fingerprint density at radius 3 is 2.40 bits per heavy atom. The summed E-state index contributed by atoms with van der Waals surface area (Å²) in [7, 11) is 0. The van der Waals surface area contributed by atoms with Gasteiger partial charge in [0, 0.05) is 29.6 Å². The Kier molecular flexibility index (Phi) is 4.97. The van der Waals surface area contributed by atoms with Crippen molar-refractivity contribution in [1.29, 1.82) is 0 Å². The molecule has 0 saturated carbocycles. The zero-order valence-corrected chi connectivity index (χ0v) is 13.5.